The molecule has 1 aliphatic carbocycles. The Morgan fingerprint density at radius 1 is 1.00 bits per heavy atom. The average Bonchev–Trinajstić information content (AvgIpc) is 2.59. The summed E-state index contributed by atoms with van der Waals surface area (Å²) in [6.07, 6.45) is 4.11. The highest BCUT2D eigenvalue weighted by atomic mass is 16.5. The maximum Gasteiger partial charge on any atom is 0.119 e. The summed E-state index contributed by atoms with van der Waals surface area (Å²) in [6, 6.07) is 16.1. The van der Waals surface area contributed by atoms with Gasteiger partial charge in [-0.05, 0) is 35.4 Å². The van der Waals surface area contributed by atoms with E-state index in [1.54, 1.807) is 14.2 Å². The van der Waals surface area contributed by atoms with Gasteiger partial charge in [-0.15, -0.1) is 0 Å². The van der Waals surface area contributed by atoms with Crippen molar-refractivity contribution in [3.8, 4) is 17.6 Å². The van der Waals surface area contributed by atoms with Crippen LogP contribution in [0.15, 0.2) is 54.6 Å². The molecule has 0 heterocycles. The Bertz CT molecular complexity index is 735. The molecule has 2 aromatic carbocycles. The molecule has 0 N–H and O–H groups in total. The van der Waals surface area contributed by atoms with Crippen LogP contribution in [0.2, 0.25) is 0 Å². The molecule has 0 fully saturated rings. The Hall–Kier alpha value is -2.50. The number of rotatable bonds is 2. The molecule has 2 unspecified atom stereocenters. The Balaban J connectivity index is 1.99. The topological polar surface area (TPSA) is 18.5 Å². The zero-order chi connectivity index (χ0) is 15.4. The Morgan fingerprint density at radius 2 is 1.82 bits per heavy atom. The van der Waals surface area contributed by atoms with Crippen molar-refractivity contribution in [2.75, 3.05) is 14.2 Å². The standard InChI is InChI=1S/C20H18O2/c1-21-17-10-12-18-16(14-17)9-13-20(22-2)19(18)11-8-15-6-4-3-5-7-15/h3-7,9-10,12-14,19-20H,1-2H3. The Morgan fingerprint density at radius 3 is 2.55 bits per heavy atom. The van der Waals surface area contributed by atoms with Crippen LogP contribution >= 0.6 is 0 Å². The van der Waals surface area contributed by atoms with Crippen LogP contribution in [0.5, 0.6) is 5.75 Å². The lowest BCUT2D eigenvalue weighted by Crippen LogP contribution is -2.21. The molecule has 0 saturated carbocycles. The minimum Gasteiger partial charge on any atom is -0.497 e. The van der Waals surface area contributed by atoms with Crippen molar-refractivity contribution < 1.29 is 9.47 Å². The number of methoxy groups -OCH3 is 2. The van der Waals surface area contributed by atoms with E-state index in [0.29, 0.717) is 0 Å². The molecule has 3 rings (SSSR count). The fourth-order valence-electron chi connectivity index (χ4n) is 2.65. The molecule has 0 bridgehead atoms. The number of ether oxygens (including phenoxy) is 2. The van der Waals surface area contributed by atoms with Gasteiger partial charge in [-0.25, -0.2) is 0 Å². The summed E-state index contributed by atoms with van der Waals surface area (Å²) in [5.74, 6) is 7.50. The van der Waals surface area contributed by atoms with Crippen LogP contribution in [0.4, 0.5) is 0 Å². The van der Waals surface area contributed by atoms with Crippen molar-refractivity contribution in [3.05, 3.63) is 71.3 Å². The first kappa shape index (κ1) is 14.4. The summed E-state index contributed by atoms with van der Waals surface area (Å²) in [5, 5.41) is 0. The summed E-state index contributed by atoms with van der Waals surface area (Å²) in [7, 11) is 3.40. The Kier molecular flexibility index (Phi) is 4.27. The van der Waals surface area contributed by atoms with Gasteiger partial charge in [-0.3, -0.25) is 0 Å². The third kappa shape index (κ3) is 2.90. The van der Waals surface area contributed by atoms with Crippen molar-refractivity contribution in [2.24, 2.45) is 0 Å². The lowest BCUT2D eigenvalue weighted by atomic mass is 9.85. The molecule has 110 valence electrons. The van der Waals surface area contributed by atoms with E-state index in [0.717, 1.165) is 16.9 Å². The Labute approximate surface area is 131 Å². The van der Waals surface area contributed by atoms with Gasteiger partial charge in [0.1, 0.15) is 5.75 Å². The molecule has 0 spiro atoms. The third-order valence-electron chi connectivity index (χ3n) is 3.84. The number of hydrogen-bond donors (Lipinski definition) is 0. The van der Waals surface area contributed by atoms with E-state index in [2.05, 4.69) is 30.1 Å². The lowest BCUT2D eigenvalue weighted by molar-refractivity contribution is 0.131. The van der Waals surface area contributed by atoms with Crippen molar-refractivity contribution in [1.82, 2.24) is 0 Å². The maximum absolute atomic E-state index is 5.59. The maximum atomic E-state index is 5.59. The molecule has 0 radical (unpaired) electrons. The highest BCUT2D eigenvalue weighted by Gasteiger charge is 2.24. The van der Waals surface area contributed by atoms with Crippen molar-refractivity contribution >= 4 is 6.08 Å². The number of hydrogen-bond acceptors (Lipinski definition) is 2. The third-order valence-corrected chi connectivity index (χ3v) is 3.84. The van der Waals surface area contributed by atoms with Gasteiger partial charge in [0.15, 0.2) is 0 Å². The zero-order valence-corrected chi connectivity index (χ0v) is 12.7. The second-order valence-electron chi connectivity index (χ2n) is 5.17. The second kappa shape index (κ2) is 6.51. The first-order valence-corrected chi connectivity index (χ1v) is 7.27. The highest BCUT2D eigenvalue weighted by molar-refractivity contribution is 5.63. The molecule has 0 aromatic heterocycles. The van der Waals surface area contributed by atoms with Gasteiger partial charge < -0.3 is 9.47 Å². The second-order valence-corrected chi connectivity index (χ2v) is 5.17. The SMILES string of the molecule is COc1ccc2c(c1)C=CC(OC)C2C#Cc1ccccc1. The van der Waals surface area contributed by atoms with Gasteiger partial charge in [-0.2, -0.15) is 0 Å². The van der Waals surface area contributed by atoms with Crippen LogP contribution < -0.4 is 4.74 Å². The molecule has 1 aliphatic rings. The quantitative estimate of drug-likeness (QED) is 0.782. The molecular weight excluding hydrogens is 272 g/mol. The summed E-state index contributed by atoms with van der Waals surface area (Å²) in [5.41, 5.74) is 3.33. The number of fused-ring (bicyclic) bond motifs is 1. The molecular formula is C20H18O2. The highest BCUT2D eigenvalue weighted by Crippen LogP contribution is 2.33. The molecule has 0 saturated heterocycles. The summed E-state index contributed by atoms with van der Waals surface area (Å²) < 4.78 is 10.9. The molecule has 2 atom stereocenters. The van der Waals surface area contributed by atoms with E-state index >= 15 is 0 Å². The van der Waals surface area contributed by atoms with Gasteiger partial charge >= 0.3 is 0 Å². The summed E-state index contributed by atoms with van der Waals surface area (Å²) >= 11 is 0. The van der Waals surface area contributed by atoms with Crippen LogP contribution in [0, 0.1) is 11.8 Å². The fraction of sp³-hybridized carbons (Fsp3) is 0.200. The van der Waals surface area contributed by atoms with Gasteiger partial charge in [0.05, 0.1) is 19.1 Å². The van der Waals surface area contributed by atoms with E-state index in [9.17, 15) is 0 Å². The van der Waals surface area contributed by atoms with E-state index in [1.165, 1.54) is 5.56 Å². The summed E-state index contributed by atoms with van der Waals surface area (Å²) in [4.78, 5) is 0. The van der Waals surface area contributed by atoms with Gasteiger partial charge in [0, 0.05) is 12.7 Å². The predicted octanol–water partition coefficient (Wildman–Crippen LogP) is 3.87. The first-order valence-electron chi connectivity index (χ1n) is 7.27. The van der Waals surface area contributed by atoms with Crippen molar-refractivity contribution in [3.63, 3.8) is 0 Å². The molecule has 0 amide bonds. The van der Waals surface area contributed by atoms with Crippen LogP contribution in [-0.4, -0.2) is 20.3 Å². The van der Waals surface area contributed by atoms with Crippen LogP contribution in [0.1, 0.15) is 22.6 Å². The molecule has 2 heteroatoms. The van der Waals surface area contributed by atoms with Crippen molar-refractivity contribution in [2.45, 2.75) is 12.0 Å². The normalized spacial score (nSPS) is 19.0. The monoisotopic (exact) mass is 290 g/mol. The minimum atomic E-state index is -0.0305. The van der Waals surface area contributed by atoms with E-state index in [4.69, 9.17) is 9.47 Å². The summed E-state index contributed by atoms with van der Waals surface area (Å²) in [6.45, 7) is 0. The van der Waals surface area contributed by atoms with E-state index in [-0.39, 0.29) is 12.0 Å². The molecule has 2 aromatic rings. The first-order chi connectivity index (χ1) is 10.8. The van der Waals surface area contributed by atoms with Gasteiger partial charge in [0.2, 0.25) is 0 Å². The van der Waals surface area contributed by atoms with E-state index < -0.39 is 0 Å². The lowest BCUT2D eigenvalue weighted by Gasteiger charge is -2.25. The van der Waals surface area contributed by atoms with E-state index in [1.807, 2.05) is 42.5 Å². The smallest absolute Gasteiger partial charge is 0.119 e. The number of benzene rings is 2. The fourth-order valence-corrected chi connectivity index (χ4v) is 2.65. The molecule has 22 heavy (non-hydrogen) atoms. The van der Waals surface area contributed by atoms with Gasteiger partial charge in [0.25, 0.3) is 0 Å². The molecule has 0 aliphatic heterocycles. The zero-order valence-electron chi connectivity index (χ0n) is 12.7. The predicted molar refractivity (Wildman–Crippen MR) is 88.9 cm³/mol. The van der Waals surface area contributed by atoms with Crippen LogP contribution in [0.3, 0.4) is 0 Å². The molecule has 2 nitrogen and oxygen atoms in total. The largest absolute Gasteiger partial charge is 0.497 e. The van der Waals surface area contributed by atoms with Gasteiger partial charge in [-0.1, -0.05) is 48.3 Å². The minimum absolute atomic E-state index is 0.0242. The van der Waals surface area contributed by atoms with Crippen LogP contribution in [0.25, 0.3) is 6.08 Å². The van der Waals surface area contributed by atoms with Crippen molar-refractivity contribution in [1.29, 1.82) is 0 Å². The van der Waals surface area contributed by atoms with Crippen LogP contribution in [-0.2, 0) is 4.74 Å². The average molecular weight is 290 g/mol.